The lowest BCUT2D eigenvalue weighted by Gasteiger charge is -2.45. The minimum atomic E-state index is 0.756. The maximum atomic E-state index is 5.09. The van der Waals surface area contributed by atoms with Gasteiger partial charge in [-0.25, -0.2) is 0 Å². The van der Waals surface area contributed by atoms with E-state index in [1.165, 1.54) is 25.9 Å². The van der Waals surface area contributed by atoms with Crippen LogP contribution < -0.4 is 5.32 Å². The lowest BCUT2D eigenvalue weighted by molar-refractivity contribution is 0.0495. The van der Waals surface area contributed by atoms with Crippen LogP contribution in [0.2, 0.25) is 0 Å². The molecule has 2 bridgehead atoms. The van der Waals surface area contributed by atoms with Crippen LogP contribution in [0.5, 0.6) is 0 Å². The van der Waals surface area contributed by atoms with Crippen LogP contribution in [0.15, 0.2) is 0 Å². The smallest absolute Gasteiger partial charge is 0.0589 e. The highest BCUT2D eigenvalue weighted by molar-refractivity contribution is 4.92. The number of nitrogens with one attached hydrogen (secondary N) is 1. The Labute approximate surface area is 74.1 Å². The molecule has 3 fully saturated rings. The fourth-order valence-corrected chi connectivity index (χ4v) is 2.28. The Morgan fingerprint density at radius 1 is 1.50 bits per heavy atom. The molecule has 2 atom stereocenters. The van der Waals surface area contributed by atoms with E-state index in [0.717, 1.165) is 25.2 Å². The van der Waals surface area contributed by atoms with Crippen molar-refractivity contribution in [3.63, 3.8) is 0 Å². The normalized spacial score (nSPS) is 35.8. The van der Waals surface area contributed by atoms with Gasteiger partial charge in [0.05, 0.1) is 6.61 Å². The van der Waals surface area contributed by atoms with Crippen LogP contribution in [-0.4, -0.2) is 50.3 Å². The van der Waals surface area contributed by atoms with E-state index in [0.29, 0.717) is 0 Å². The third kappa shape index (κ3) is 1.63. The summed E-state index contributed by atoms with van der Waals surface area (Å²) in [5, 5.41) is 3.54. The molecule has 1 N–H and O–H groups in total. The summed E-state index contributed by atoms with van der Waals surface area (Å²) in [5.74, 6) is 0. The highest BCUT2D eigenvalue weighted by Gasteiger charge is 2.32. The van der Waals surface area contributed by atoms with Crippen LogP contribution in [0.4, 0.5) is 0 Å². The van der Waals surface area contributed by atoms with E-state index in [9.17, 15) is 0 Å². The van der Waals surface area contributed by atoms with Crippen LogP contribution in [0.3, 0.4) is 0 Å². The SMILES string of the molecule is COCCN1CC2CCC1CN2. The van der Waals surface area contributed by atoms with E-state index >= 15 is 0 Å². The molecule has 3 saturated heterocycles. The van der Waals surface area contributed by atoms with Gasteiger partial charge >= 0.3 is 0 Å². The number of hydrogen-bond donors (Lipinski definition) is 1. The van der Waals surface area contributed by atoms with Gasteiger partial charge < -0.3 is 10.1 Å². The summed E-state index contributed by atoms with van der Waals surface area (Å²) in [6.45, 7) is 4.41. The van der Waals surface area contributed by atoms with Gasteiger partial charge in [0.1, 0.15) is 0 Å². The summed E-state index contributed by atoms with van der Waals surface area (Å²) >= 11 is 0. The first-order valence-corrected chi connectivity index (χ1v) is 4.86. The summed E-state index contributed by atoms with van der Waals surface area (Å²) < 4.78 is 5.09. The van der Waals surface area contributed by atoms with E-state index in [1.54, 1.807) is 7.11 Å². The van der Waals surface area contributed by atoms with Crippen LogP contribution >= 0.6 is 0 Å². The van der Waals surface area contributed by atoms with Crippen molar-refractivity contribution >= 4 is 0 Å². The Morgan fingerprint density at radius 3 is 2.92 bits per heavy atom. The monoisotopic (exact) mass is 170 g/mol. The van der Waals surface area contributed by atoms with E-state index in [1.807, 2.05) is 0 Å². The van der Waals surface area contributed by atoms with Gasteiger partial charge in [-0.1, -0.05) is 0 Å². The van der Waals surface area contributed by atoms with E-state index in [2.05, 4.69) is 10.2 Å². The minimum Gasteiger partial charge on any atom is -0.383 e. The number of ether oxygens (including phenoxy) is 1. The van der Waals surface area contributed by atoms with Crippen LogP contribution in [-0.2, 0) is 4.74 Å². The van der Waals surface area contributed by atoms with E-state index < -0.39 is 0 Å². The summed E-state index contributed by atoms with van der Waals surface area (Å²) in [7, 11) is 1.78. The van der Waals surface area contributed by atoms with Gasteiger partial charge in [-0.2, -0.15) is 0 Å². The quantitative estimate of drug-likeness (QED) is 0.648. The van der Waals surface area contributed by atoms with Crippen molar-refractivity contribution in [1.29, 1.82) is 0 Å². The third-order valence-corrected chi connectivity index (χ3v) is 3.04. The molecular formula is C9H18N2O. The largest absolute Gasteiger partial charge is 0.383 e. The molecule has 0 aromatic carbocycles. The molecule has 3 heterocycles. The molecule has 0 spiro atoms. The van der Waals surface area contributed by atoms with Crippen LogP contribution in [0, 0.1) is 0 Å². The van der Waals surface area contributed by atoms with Gasteiger partial charge in [0, 0.05) is 38.8 Å². The molecule has 0 amide bonds. The molecule has 3 rings (SSSR count). The highest BCUT2D eigenvalue weighted by Crippen LogP contribution is 2.21. The summed E-state index contributed by atoms with van der Waals surface area (Å²) in [6, 6.07) is 1.54. The zero-order valence-corrected chi connectivity index (χ0v) is 7.75. The molecule has 3 aliphatic heterocycles. The number of fused-ring (bicyclic) bond motifs is 3. The van der Waals surface area contributed by atoms with Gasteiger partial charge in [-0.15, -0.1) is 0 Å². The molecule has 0 saturated carbocycles. The van der Waals surface area contributed by atoms with Gasteiger partial charge in [-0.3, -0.25) is 4.90 Å². The summed E-state index contributed by atoms with van der Waals surface area (Å²) in [6.07, 6.45) is 2.75. The molecule has 3 nitrogen and oxygen atoms in total. The van der Waals surface area contributed by atoms with Gasteiger partial charge in [0.25, 0.3) is 0 Å². The lowest BCUT2D eigenvalue weighted by Crippen LogP contribution is -2.61. The van der Waals surface area contributed by atoms with Gasteiger partial charge in [-0.05, 0) is 12.8 Å². The van der Waals surface area contributed by atoms with Crippen molar-refractivity contribution in [3.8, 4) is 0 Å². The zero-order chi connectivity index (χ0) is 8.39. The number of piperazine rings is 1. The van der Waals surface area contributed by atoms with Gasteiger partial charge in [0.2, 0.25) is 0 Å². The van der Waals surface area contributed by atoms with Crippen molar-refractivity contribution in [1.82, 2.24) is 10.2 Å². The molecule has 0 aliphatic carbocycles. The second-order valence-electron chi connectivity index (χ2n) is 3.82. The predicted octanol–water partition coefficient (Wildman–Crippen LogP) is 0.0690. The first-order chi connectivity index (χ1) is 5.90. The first-order valence-electron chi connectivity index (χ1n) is 4.86. The van der Waals surface area contributed by atoms with Crippen LogP contribution in [0.25, 0.3) is 0 Å². The molecule has 0 aromatic heterocycles. The highest BCUT2D eigenvalue weighted by atomic mass is 16.5. The number of hydrogen-bond acceptors (Lipinski definition) is 3. The van der Waals surface area contributed by atoms with Crippen molar-refractivity contribution in [3.05, 3.63) is 0 Å². The molecule has 3 aliphatic rings. The molecular weight excluding hydrogens is 152 g/mol. The van der Waals surface area contributed by atoms with E-state index in [-0.39, 0.29) is 0 Å². The maximum absolute atomic E-state index is 5.09. The first kappa shape index (κ1) is 8.48. The molecule has 0 aromatic rings. The standard InChI is InChI=1S/C9H18N2O/c1-12-5-4-11-7-8-2-3-9(11)6-10-8/h8-10H,2-7H2,1H3. The Hall–Kier alpha value is -0.120. The van der Waals surface area contributed by atoms with Crippen molar-refractivity contribution < 1.29 is 4.74 Å². The summed E-state index contributed by atoms with van der Waals surface area (Å²) in [5.41, 5.74) is 0. The average molecular weight is 170 g/mol. The number of nitrogens with zero attached hydrogens (tertiary/aromatic N) is 1. The summed E-state index contributed by atoms with van der Waals surface area (Å²) in [4.78, 5) is 2.56. The average Bonchev–Trinajstić information content (AvgIpc) is 2.17. The molecule has 2 unspecified atom stereocenters. The molecule has 0 radical (unpaired) electrons. The Morgan fingerprint density at radius 2 is 2.42 bits per heavy atom. The van der Waals surface area contributed by atoms with Crippen LogP contribution in [0.1, 0.15) is 12.8 Å². The molecule has 3 heteroatoms. The second-order valence-corrected chi connectivity index (χ2v) is 3.82. The number of methoxy groups -OCH3 is 1. The molecule has 12 heavy (non-hydrogen) atoms. The van der Waals surface area contributed by atoms with E-state index in [4.69, 9.17) is 4.74 Å². The van der Waals surface area contributed by atoms with Crippen molar-refractivity contribution in [2.75, 3.05) is 33.4 Å². The predicted molar refractivity (Wildman–Crippen MR) is 48.3 cm³/mol. The topological polar surface area (TPSA) is 24.5 Å². The van der Waals surface area contributed by atoms with Crippen molar-refractivity contribution in [2.24, 2.45) is 0 Å². The minimum absolute atomic E-state index is 0.756. The van der Waals surface area contributed by atoms with Crippen molar-refractivity contribution in [2.45, 2.75) is 24.9 Å². The second kappa shape index (κ2) is 3.73. The Bertz CT molecular complexity index is 143. The fourth-order valence-electron chi connectivity index (χ4n) is 2.28. The zero-order valence-electron chi connectivity index (χ0n) is 7.75. The third-order valence-electron chi connectivity index (χ3n) is 3.04. The number of rotatable bonds is 3. The Kier molecular flexibility index (Phi) is 2.63. The molecule has 70 valence electrons. The van der Waals surface area contributed by atoms with Gasteiger partial charge in [0.15, 0.2) is 0 Å². The lowest BCUT2D eigenvalue weighted by atomic mass is 9.93. The number of piperidine rings is 2. The fraction of sp³-hybridized carbons (Fsp3) is 1.00. The Balaban J connectivity index is 1.82. The maximum Gasteiger partial charge on any atom is 0.0589 e.